The molecule has 6 nitrogen and oxygen atoms in total. The maximum Gasteiger partial charge on any atom is 0.251 e. The van der Waals surface area contributed by atoms with Gasteiger partial charge in [0.15, 0.2) is 0 Å². The van der Waals surface area contributed by atoms with Gasteiger partial charge in [-0.1, -0.05) is 13.8 Å². The molecule has 0 aliphatic carbocycles. The molecule has 0 fully saturated rings. The Kier molecular flexibility index (Phi) is 5.52. The third-order valence-corrected chi connectivity index (χ3v) is 3.30. The highest BCUT2D eigenvalue weighted by molar-refractivity contribution is 7.92. The van der Waals surface area contributed by atoms with E-state index >= 15 is 0 Å². The smallest absolute Gasteiger partial charge is 0.251 e. The van der Waals surface area contributed by atoms with Crippen molar-refractivity contribution in [1.82, 2.24) is 5.32 Å². The summed E-state index contributed by atoms with van der Waals surface area (Å²) in [5.41, 5.74) is 0.797. The Hall–Kier alpha value is -1.60. The number of aliphatic hydroxyl groups excluding tert-OH is 1. The van der Waals surface area contributed by atoms with Gasteiger partial charge in [-0.05, 0) is 30.2 Å². The Morgan fingerprint density at radius 3 is 2.25 bits per heavy atom. The molecule has 0 aliphatic rings. The SMILES string of the molecule is CC(C)C(O)CNC(=O)c1ccc(NS(C)(=O)=O)cc1. The monoisotopic (exact) mass is 300 g/mol. The van der Waals surface area contributed by atoms with Crippen LogP contribution >= 0.6 is 0 Å². The Morgan fingerprint density at radius 1 is 1.25 bits per heavy atom. The zero-order valence-electron chi connectivity index (χ0n) is 11.8. The van der Waals surface area contributed by atoms with Gasteiger partial charge in [0.2, 0.25) is 10.0 Å². The number of rotatable bonds is 6. The van der Waals surface area contributed by atoms with Crippen LogP contribution in [0.15, 0.2) is 24.3 Å². The van der Waals surface area contributed by atoms with Crippen LogP contribution in [0.1, 0.15) is 24.2 Å². The number of amides is 1. The molecule has 0 saturated carbocycles. The van der Waals surface area contributed by atoms with Crippen molar-refractivity contribution in [1.29, 1.82) is 0 Å². The number of hydrogen-bond acceptors (Lipinski definition) is 4. The van der Waals surface area contributed by atoms with Crippen molar-refractivity contribution < 1.29 is 18.3 Å². The molecule has 0 aromatic heterocycles. The van der Waals surface area contributed by atoms with Gasteiger partial charge in [0.25, 0.3) is 5.91 Å². The van der Waals surface area contributed by atoms with E-state index in [1.54, 1.807) is 0 Å². The molecule has 1 amide bonds. The van der Waals surface area contributed by atoms with Crippen molar-refractivity contribution in [3.05, 3.63) is 29.8 Å². The number of sulfonamides is 1. The van der Waals surface area contributed by atoms with Gasteiger partial charge in [-0.3, -0.25) is 9.52 Å². The largest absolute Gasteiger partial charge is 0.391 e. The summed E-state index contributed by atoms with van der Waals surface area (Å²) in [6.45, 7) is 3.91. The molecule has 1 unspecified atom stereocenters. The second kappa shape index (κ2) is 6.71. The number of carbonyl (C=O) groups is 1. The minimum Gasteiger partial charge on any atom is -0.391 e. The van der Waals surface area contributed by atoms with Gasteiger partial charge in [0, 0.05) is 17.8 Å². The second-order valence-corrected chi connectivity index (χ2v) is 6.72. The summed E-state index contributed by atoms with van der Waals surface area (Å²) >= 11 is 0. The first kappa shape index (κ1) is 16.5. The third kappa shape index (κ3) is 5.58. The molecule has 0 radical (unpaired) electrons. The molecule has 20 heavy (non-hydrogen) atoms. The average Bonchev–Trinajstić information content (AvgIpc) is 2.34. The van der Waals surface area contributed by atoms with Gasteiger partial charge in [0.1, 0.15) is 0 Å². The average molecular weight is 300 g/mol. The lowest BCUT2D eigenvalue weighted by molar-refractivity contribution is 0.0871. The van der Waals surface area contributed by atoms with Crippen molar-refractivity contribution in [2.24, 2.45) is 5.92 Å². The van der Waals surface area contributed by atoms with E-state index in [4.69, 9.17) is 0 Å². The van der Waals surface area contributed by atoms with Crippen LogP contribution in [0.4, 0.5) is 5.69 Å². The lowest BCUT2D eigenvalue weighted by Crippen LogP contribution is -2.34. The van der Waals surface area contributed by atoms with Crippen LogP contribution in [0.25, 0.3) is 0 Å². The van der Waals surface area contributed by atoms with Crippen molar-refractivity contribution in [3.63, 3.8) is 0 Å². The lowest BCUT2D eigenvalue weighted by Gasteiger charge is -2.15. The molecule has 0 saturated heterocycles. The van der Waals surface area contributed by atoms with E-state index in [-0.39, 0.29) is 18.4 Å². The van der Waals surface area contributed by atoms with Gasteiger partial charge in [-0.2, -0.15) is 0 Å². The summed E-state index contributed by atoms with van der Waals surface area (Å²) in [6.07, 6.45) is 0.464. The third-order valence-electron chi connectivity index (χ3n) is 2.69. The molecule has 1 atom stereocenters. The Morgan fingerprint density at radius 2 is 1.80 bits per heavy atom. The molecule has 0 bridgehead atoms. The van der Waals surface area contributed by atoms with Crippen LogP contribution in [0, 0.1) is 5.92 Å². The highest BCUT2D eigenvalue weighted by atomic mass is 32.2. The summed E-state index contributed by atoms with van der Waals surface area (Å²) in [5.74, 6) is -0.243. The van der Waals surface area contributed by atoms with Crippen molar-refractivity contribution >= 4 is 21.6 Å². The molecular weight excluding hydrogens is 280 g/mol. The first-order valence-electron chi connectivity index (χ1n) is 6.23. The van der Waals surface area contributed by atoms with Crippen molar-refractivity contribution in [3.8, 4) is 0 Å². The van der Waals surface area contributed by atoms with E-state index < -0.39 is 16.1 Å². The molecule has 0 heterocycles. The van der Waals surface area contributed by atoms with E-state index in [0.717, 1.165) is 6.26 Å². The minimum absolute atomic E-state index is 0.0663. The van der Waals surface area contributed by atoms with E-state index in [9.17, 15) is 18.3 Å². The van der Waals surface area contributed by atoms with Crippen LogP contribution in [0.3, 0.4) is 0 Å². The fourth-order valence-electron chi connectivity index (χ4n) is 1.44. The highest BCUT2D eigenvalue weighted by Crippen LogP contribution is 2.11. The maximum atomic E-state index is 11.8. The minimum atomic E-state index is -3.32. The fraction of sp³-hybridized carbons (Fsp3) is 0.462. The molecule has 1 aromatic carbocycles. The zero-order valence-corrected chi connectivity index (χ0v) is 12.6. The summed E-state index contributed by atoms with van der Waals surface area (Å²) in [4.78, 5) is 11.8. The van der Waals surface area contributed by atoms with E-state index in [1.807, 2.05) is 13.8 Å². The fourth-order valence-corrected chi connectivity index (χ4v) is 2.00. The summed E-state index contributed by atoms with van der Waals surface area (Å²) in [7, 11) is -3.32. The molecule has 1 rings (SSSR count). The number of nitrogens with one attached hydrogen (secondary N) is 2. The summed E-state index contributed by atoms with van der Waals surface area (Å²) < 4.78 is 24.4. The predicted octanol–water partition coefficient (Wildman–Crippen LogP) is 0.805. The molecule has 0 spiro atoms. The number of carbonyl (C=O) groups excluding carboxylic acids is 1. The normalized spacial score (nSPS) is 13.1. The molecule has 1 aromatic rings. The van der Waals surface area contributed by atoms with Gasteiger partial charge < -0.3 is 10.4 Å². The number of anilines is 1. The van der Waals surface area contributed by atoms with Crippen LogP contribution < -0.4 is 10.0 Å². The topological polar surface area (TPSA) is 95.5 Å². The standard InChI is InChI=1S/C13H20N2O4S/c1-9(2)12(16)8-14-13(17)10-4-6-11(7-5-10)15-20(3,18)19/h4-7,9,12,15-16H,8H2,1-3H3,(H,14,17). The van der Waals surface area contributed by atoms with Crippen LogP contribution in [-0.2, 0) is 10.0 Å². The van der Waals surface area contributed by atoms with Crippen LogP contribution in [-0.4, -0.2) is 38.3 Å². The first-order valence-corrected chi connectivity index (χ1v) is 8.12. The number of hydrogen-bond donors (Lipinski definition) is 3. The van der Waals surface area contributed by atoms with E-state index in [2.05, 4.69) is 10.0 Å². The number of aliphatic hydroxyl groups is 1. The van der Waals surface area contributed by atoms with Gasteiger partial charge >= 0.3 is 0 Å². The predicted molar refractivity (Wildman–Crippen MR) is 78.1 cm³/mol. The van der Waals surface area contributed by atoms with Gasteiger partial charge in [-0.15, -0.1) is 0 Å². The number of benzene rings is 1. The molecule has 112 valence electrons. The van der Waals surface area contributed by atoms with Crippen LogP contribution in [0.5, 0.6) is 0 Å². The lowest BCUT2D eigenvalue weighted by atomic mass is 10.1. The van der Waals surface area contributed by atoms with Gasteiger partial charge in [0.05, 0.1) is 12.4 Å². The molecule has 7 heteroatoms. The first-order chi connectivity index (χ1) is 9.19. The maximum absolute atomic E-state index is 11.8. The van der Waals surface area contributed by atoms with Crippen molar-refractivity contribution in [2.45, 2.75) is 20.0 Å². The highest BCUT2D eigenvalue weighted by Gasteiger charge is 2.12. The quantitative estimate of drug-likeness (QED) is 0.724. The van der Waals surface area contributed by atoms with Gasteiger partial charge in [-0.25, -0.2) is 8.42 Å². The van der Waals surface area contributed by atoms with E-state index in [0.29, 0.717) is 11.3 Å². The summed E-state index contributed by atoms with van der Waals surface area (Å²) in [6, 6.07) is 6.05. The summed E-state index contributed by atoms with van der Waals surface area (Å²) in [5, 5.41) is 12.2. The van der Waals surface area contributed by atoms with Crippen molar-refractivity contribution in [2.75, 3.05) is 17.5 Å². The Balaban J connectivity index is 2.62. The van der Waals surface area contributed by atoms with E-state index in [1.165, 1.54) is 24.3 Å². The van der Waals surface area contributed by atoms with Crippen LogP contribution in [0.2, 0.25) is 0 Å². The Labute approximate surface area is 119 Å². The molecule has 0 aliphatic heterocycles. The molecular formula is C13H20N2O4S. The Bertz CT molecular complexity index is 552. The zero-order chi connectivity index (χ0) is 15.3. The molecule has 3 N–H and O–H groups in total. The second-order valence-electron chi connectivity index (χ2n) is 4.97.